The molecular formula is C13H11BrN2O4. The Morgan fingerprint density at radius 2 is 2.05 bits per heavy atom. The number of ether oxygens (including phenoxy) is 1. The second kappa shape index (κ2) is 6.44. The van der Waals surface area contributed by atoms with Crippen molar-refractivity contribution >= 4 is 21.6 Å². The van der Waals surface area contributed by atoms with Gasteiger partial charge in [-0.3, -0.25) is 10.1 Å². The van der Waals surface area contributed by atoms with Crippen LogP contribution in [-0.4, -0.2) is 21.6 Å². The predicted octanol–water partition coefficient (Wildman–Crippen LogP) is 3.08. The Hall–Kier alpha value is -1.99. The van der Waals surface area contributed by atoms with Crippen molar-refractivity contribution in [1.82, 2.24) is 4.98 Å². The summed E-state index contributed by atoms with van der Waals surface area (Å²) in [5.74, 6) is 0.819. The van der Waals surface area contributed by atoms with Crippen LogP contribution in [0.4, 0.5) is 5.69 Å². The molecule has 0 saturated heterocycles. The normalized spacial score (nSPS) is 10.3. The van der Waals surface area contributed by atoms with Gasteiger partial charge in [0, 0.05) is 12.7 Å². The average Bonchev–Trinajstić information content (AvgIpc) is 2.43. The number of aliphatic hydroxyl groups excluding tert-OH is 1. The Bertz CT molecular complexity index is 616. The van der Waals surface area contributed by atoms with Crippen molar-refractivity contribution in [2.45, 2.75) is 6.42 Å². The molecule has 20 heavy (non-hydrogen) atoms. The molecule has 0 amide bonds. The summed E-state index contributed by atoms with van der Waals surface area (Å²) in [6, 6.07) is 8.51. The van der Waals surface area contributed by atoms with Crippen LogP contribution in [0.25, 0.3) is 0 Å². The van der Waals surface area contributed by atoms with Crippen LogP contribution in [-0.2, 0) is 6.42 Å². The minimum Gasteiger partial charge on any atom is -0.438 e. The van der Waals surface area contributed by atoms with Crippen molar-refractivity contribution in [1.29, 1.82) is 0 Å². The highest BCUT2D eigenvalue weighted by molar-refractivity contribution is 9.10. The molecule has 2 aromatic rings. The second-order valence-corrected chi connectivity index (χ2v) is 4.81. The zero-order chi connectivity index (χ0) is 14.5. The van der Waals surface area contributed by atoms with Gasteiger partial charge in [-0.15, -0.1) is 0 Å². The van der Waals surface area contributed by atoms with E-state index < -0.39 is 4.92 Å². The molecule has 1 aromatic carbocycles. The molecule has 0 unspecified atom stereocenters. The van der Waals surface area contributed by atoms with E-state index in [9.17, 15) is 10.1 Å². The van der Waals surface area contributed by atoms with Gasteiger partial charge < -0.3 is 9.84 Å². The van der Waals surface area contributed by atoms with Crippen LogP contribution in [0.15, 0.2) is 41.0 Å². The molecule has 0 spiro atoms. The van der Waals surface area contributed by atoms with E-state index in [1.165, 1.54) is 6.07 Å². The number of hydrogen-bond acceptors (Lipinski definition) is 5. The van der Waals surface area contributed by atoms with Crippen LogP contribution in [0.5, 0.6) is 11.6 Å². The van der Waals surface area contributed by atoms with E-state index in [0.29, 0.717) is 16.6 Å². The van der Waals surface area contributed by atoms with Crippen LogP contribution < -0.4 is 4.74 Å². The molecular weight excluding hydrogens is 328 g/mol. The molecule has 0 aliphatic carbocycles. The quantitative estimate of drug-likeness (QED) is 0.668. The summed E-state index contributed by atoms with van der Waals surface area (Å²) in [5, 5.41) is 19.4. The van der Waals surface area contributed by atoms with Gasteiger partial charge in [0.05, 0.1) is 9.40 Å². The number of pyridine rings is 1. The first kappa shape index (κ1) is 14.4. The van der Waals surface area contributed by atoms with Gasteiger partial charge in [-0.1, -0.05) is 12.1 Å². The van der Waals surface area contributed by atoms with Crippen molar-refractivity contribution in [3.63, 3.8) is 0 Å². The van der Waals surface area contributed by atoms with E-state index >= 15 is 0 Å². The van der Waals surface area contributed by atoms with Gasteiger partial charge in [0.2, 0.25) is 5.88 Å². The van der Waals surface area contributed by atoms with Gasteiger partial charge in [-0.2, -0.15) is 0 Å². The lowest BCUT2D eigenvalue weighted by Crippen LogP contribution is -1.94. The molecule has 7 heteroatoms. The molecule has 1 aromatic heterocycles. The minimum absolute atomic E-state index is 0.0929. The lowest BCUT2D eigenvalue weighted by molar-refractivity contribution is -0.385. The number of nitro groups is 1. The topological polar surface area (TPSA) is 85.5 Å². The van der Waals surface area contributed by atoms with Crippen LogP contribution in [0.1, 0.15) is 5.56 Å². The van der Waals surface area contributed by atoms with Crippen LogP contribution >= 0.6 is 15.9 Å². The molecule has 2 rings (SSSR count). The number of halogens is 1. The maximum atomic E-state index is 10.6. The Labute approximate surface area is 123 Å². The molecule has 6 nitrogen and oxygen atoms in total. The highest BCUT2D eigenvalue weighted by Crippen LogP contribution is 2.30. The lowest BCUT2D eigenvalue weighted by Gasteiger charge is -2.07. The molecule has 0 atom stereocenters. The SMILES string of the molecule is O=[N+]([O-])c1cnc(Oc2ccc(CCO)cc2)c(Br)c1. The molecule has 0 radical (unpaired) electrons. The van der Waals surface area contributed by atoms with Gasteiger partial charge in [-0.05, 0) is 40.0 Å². The number of nitrogens with zero attached hydrogens (tertiary/aromatic N) is 2. The summed E-state index contributed by atoms with van der Waals surface area (Å²) in [5.41, 5.74) is 0.887. The first-order chi connectivity index (χ1) is 9.60. The van der Waals surface area contributed by atoms with E-state index in [0.717, 1.165) is 11.8 Å². The van der Waals surface area contributed by atoms with E-state index in [1.807, 2.05) is 12.1 Å². The van der Waals surface area contributed by atoms with Gasteiger partial charge in [0.15, 0.2) is 0 Å². The molecule has 0 bridgehead atoms. The Balaban J connectivity index is 2.15. The highest BCUT2D eigenvalue weighted by atomic mass is 79.9. The predicted molar refractivity (Wildman–Crippen MR) is 75.9 cm³/mol. The van der Waals surface area contributed by atoms with E-state index in [1.54, 1.807) is 12.1 Å². The molecule has 0 saturated carbocycles. The zero-order valence-electron chi connectivity index (χ0n) is 10.3. The molecule has 1 heterocycles. The van der Waals surface area contributed by atoms with Crippen LogP contribution in [0, 0.1) is 10.1 Å². The molecule has 0 aliphatic heterocycles. The van der Waals surface area contributed by atoms with Gasteiger partial charge >= 0.3 is 0 Å². The third kappa shape index (κ3) is 3.52. The first-order valence-corrected chi connectivity index (χ1v) is 6.57. The largest absolute Gasteiger partial charge is 0.438 e. The fourth-order valence-electron chi connectivity index (χ4n) is 1.56. The van der Waals surface area contributed by atoms with Crippen LogP contribution in [0.2, 0.25) is 0 Å². The smallest absolute Gasteiger partial charge is 0.288 e. The third-order valence-corrected chi connectivity index (χ3v) is 3.11. The summed E-state index contributed by atoms with van der Waals surface area (Å²) in [4.78, 5) is 14.0. The van der Waals surface area contributed by atoms with Gasteiger partial charge in [0.1, 0.15) is 11.9 Å². The second-order valence-electron chi connectivity index (χ2n) is 3.96. The minimum atomic E-state index is -0.523. The summed E-state index contributed by atoms with van der Waals surface area (Å²) < 4.78 is 5.94. The number of hydrogen-bond donors (Lipinski definition) is 1. The van der Waals surface area contributed by atoms with E-state index in [4.69, 9.17) is 9.84 Å². The van der Waals surface area contributed by atoms with Gasteiger partial charge in [-0.25, -0.2) is 4.98 Å². The van der Waals surface area contributed by atoms with E-state index in [-0.39, 0.29) is 18.2 Å². The van der Waals surface area contributed by atoms with E-state index in [2.05, 4.69) is 20.9 Å². The third-order valence-electron chi connectivity index (χ3n) is 2.54. The van der Waals surface area contributed by atoms with Crippen molar-refractivity contribution in [3.05, 3.63) is 56.7 Å². The zero-order valence-corrected chi connectivity index (χ0v) is 11.9. The Morgan fingerprint density at radius 3 is 2.60 bits per heavy atom. The Kier molecular flexibility index (Phi) is 4.65. The van der Waals surface area contributed by atoms with Crippen molar-refractivity contribution < 1.29 is 14.8 Å². The average molecular weight is 339 g/mol. The highest BCUT2D eigenvalue weighted by Gasteiger charge is 2.12. The first-order valence-electron chi connectivity index (χ1n) is 5.77. The fourth-order valence-corrected chi connectivity index (χ4v) is 1.97. The number of rotatable bonds is 5. The standard InChI is InChI=1S/C13H11BrN2O4/c14-12-7-10(16(18)19)8-15-13(12)20-11-3-1-9(2-4-11)5-6-17/h1-4,7-8,17H,5-6H2. The Morgan fingerprint density at radius 1 is 1.35 bits per heavy atom. The van der Waals surface area contributed by atoms with Crippen molar-refractivity contribution in [2.75, 3.05) is 6.61 Å². The van der Waals surface area contributed by atoms with Gasteiger partial charge in [0.25, 0.3) is 5.69 Å². The summed E-state index contributed by atoms with van der Waals surface area (Å²) in [6.07, 6.45) is 1.72. The fraction of sp³-hybridized carbons (Fsp3) is 0.154. The van der Waals surface area contributed by atoms with Crippen molar-refractivity contribution in [2.24, 2.45) is 0 Å². The summed E-state index contributed by atoms with van der Waals surface area (Å²) in [7, 11) is 0. The molecule has 104 valence electrons. The monoisotopic (exact) mass is 338 g/mol. The maximum Gasteiger partial charge on any atom is 0.288 e. The van der Waals surface area contributed by atoms with Crippen LogP contribution in [0.3, 0.4) is 0 Å². The molecule has 1 N–H and O–H groups in total. The number of aliphatic hydroxyl groups is 1. The summed E-state index contributed by atoms with van der Waals surface area (Å²) in [6.45, 7) is 0.0929. The number of aromatic nitrogens is 1. The van der Waals surface area contributed by atoms with Crippen molar-refractivity contribution in [3.8, 4) is 11.6 Å². The number of benzene rings is 1. The maximum absolute atomic E-state index is 10.6. The molecule has 0 fully saturated rings. The molecule has 0 aliphatic rings. The summed E-state index contributed by atoms with van der Waals surface area (Å²) >= 11 is 3.19. The lowest BCUT2D eigenvalue weighted by atomic mass is 10.1.